The lowest BCUT2D eigenvalue weighted by Crippen LogP contribution is -2.24. The maximum Gasteiger partial charge on any atom is 0.230 e. The molecular weight excluding hydrogens is 456 g/mol. The van der Waals surface area contributed by atoms with E-state index in [9.17, 15) is 4.79 Å². The lowest BCUT2D eigenvalue weighted by molar-refractivity contribution is -0.118. The first-order chi connectivity index (χ1) is 15.9. The molecule has 1 aromatic heterocycles. The van der Waals surface area contributed by atoms with Crippen molar-refractivity contribution in [1.29, 1.82) is 0 Å². The molecule has 1 unspecified atom stereocenters. The molecule has 3 aromatic rings. The monoisotopic (exact) mass is 484 g/mol. The van der Waals surface area contributed by atoms with E-state index in [4.69, 9.17) is 16.3 Å². The van der Waals surface area contributed by atoms with Crippen molar-refractivity contribution in [1.82, 2.24) is 20.1 Å². The number of nitrogens with zero attached hydrogens (tertiary/aromatic N) is 3. The summed E-state index contributed by atoms with van der Waals surface area (Å²) in [6, 6.07) is 15.5. The number of aromatic nitrogens is 3. The van der Waals surface area contributed by atoms with Crippen LogP contribution in [-0.4, -0.2) is 26.4 Å². The molecule has 1 heterocycles. The zero-order chi connectivity index (χ0) is 23.8. The predicted molar refractivity (Wildman–Crippen MR) is 134 cm³/mol. The molecule has 0 fully saturated rings. The third-order valence-electron chi connectivity index (χ3n) is 5.02. The number of hydrogen-bond donors (Lipinski definition) is 1. The molecule has 0 saturated carbocycles. The normalized spacial score (nSPS) is 11.9. The van der Waals surface area contributed by atoms with Gasteiger partial charge in [-0.2, -0.15) is 0 Å². The average Bonchev–Trinajstić information content (AvgIpc) is 3.20. The molecule has 1 atom stereocenters. The summed E-state index contributed by atoms with van der Waals surface area (Å²) in [6.45, 7) is 11.1. The van der Waals surface area contributed by atoms with E-state index >= 15 is 0 Å². The standard InChI is InChI=1S/C25H29ClN4O2S/c1-5-14-30-24(18(4)32-22-12-8-20(9-13-22)17(2)3)28-29-25(30)33-16-23(31)27-15-19-6-10-21(26)11-7-19/h5-13,17-18H,1,14-16H2,2-4H3,(H,27,31). The van der Waals surface area contributed by atoms with E-state index in [-0.39, 0.29) is 17.8 Å². The Morgan fingerprint density at radius 3 is 2.48 bits per heavy atom. The summed E-state index contributed by atoms with van der Waals surface area (Å²) in [5, 5.41) is 12.8. The van der Waals surface area contributed by atoms with Crippen LogP contribution < -0.4 is 10.1 Å². The Balaban J connectivity index is 1.60. The Morgan fingerprint density at radius 2 is 1.85 bits per heavy atom. The first kappa shape index (κ1) is 24.9. The smallest absolute Gasteiger partial charge is 0.230 e. The van der Waals surface area contributed by atoms with Crippen LogP contribution in [0, 0.1) is 0 Å². The highest BCUT2D eigenvalue weighted by Crippen LogP contribution is 2.26. The summed E-state index contributed by atoms with van der Waals surface area (Å²) in [5.74, 6) is 2.08. The van der Waals surface area contributed by atoms with E-state index in [1.807, 2.05) is 35.8 Å². The Labute approximate surface area is 204 Å². The van der Waals surface area contributed by atoms with Crippen LogP contribution in [0.15, 0.2) is 66.3 Å². The molecule has 0 saturated heterocycles. The lowest BCUT2D eigenvalue weighted by Gasteiger charge is -2.16. The maximum atomic E-state index is 12.3. The van der Waals surface area contributed by atoms with Crippen LogP contribution in [0.2, 0.25) is 5.02 Å². The first-order valence-electron chi connectivity index (χ1n) is 10.8. The van der Waals surface area contributed by atoms with Gasteiger partial charge in [0.1, 0.15) is 5.75 Å². The van der Waals surface area contributed by atoms with Crippen molar-refractivity contribution < 1.29 is 9.53 Å². The zero-order valence-electron chi connectivity index (χ0n) is 19.1. The number of amides is 1. The summed E-state index contributed by atoms with van der Waals surface area (Å²) in [6.07, 6.45) is 1.47. The zero-order valence-corrected chi connectivity index (χ0v) is 20.7. The molecule has 33 heavy (non-hydrogen) atoms. The predicted octanol–water partition coefficient (Wildman–Crippen LogP) is 5.79. The van der Waals surface area contributed by atoms with E-state index in [2.05, 4.69) is 48.1 Å². The van der Waals surface area contributed by atoms with Gasteiger partial charge in [-0.1, -0.05) is 67.6 Å². The second-order valence-electron chi connectivity index (χ2n) is 7.92. The molecular formula is C25H29ClN4O2S. The van der Waals surface area contributed by atoms with Crippen LogP contribution in [0.3, 0.4) is 0 Å². The Kier molecular flexibility index (Phi) is 8.97. The number of thioether (sulfide) groups is 1. The highest BCUT2D eigenvalue weighted by molar-refractivity contribution is 7.99. The van der Waals surface area contributed by atoms with Crippen LogP contribution in [-0.2, 0) is 17.9 Å². The molecule has 0 bridgehead atoms. The average molecular weight is 485 g/mol. The third-order valence-corrected chi connectivity index (χ3v) is 6.23. The van der Waals surface area contributed by atoms with Gasteiger partial charge in [0.2, 0.25) is 5.91 Å². The summed E-state index contributed by atoms with van der Waals surface area (Å²) in [7, 11) is 0. The van der Waals surface area contributed by atoms with E-state index in [0.717, 1.165) is 11.3 Å². The second kappa shape index (κ2) is 11.9. The number of halogens is 1. The highest BCUT2D eigenvalue weighted by atomic mass is 35.5. The van der Waals surface area contributed by atoms with E-state index in [1.165, 1.54) is 17.3 Å². The number of hydrogen-bond acceptors (Lipinski definition) is 5. The number of nitrogens with one attached hydrogen (secondary N) is 1. The summed E-state index contributed by atoms with van der Waals surface area (Å²) < 4.78 is 8.03. The molecule has 2 aromatic carbocycles. The molecule has 1 amide bonds. The number of benzene rings is 2. The van der Waals surface area contributed by atoms with Crippen molar-refractivity contribution in [2.75, 3.05) is 5.75 Å². The number of ether oxygens (including phenoxy) is 1. The van der Waals surface area contributed by atoms with Gasteiger partial charge in [0.15, 0.2) is 17.1 Å². The van der Waals surface area contributed by atoms with Crippen molar-refractivity contribution in [3.63, 3.8) is 0 Å². The largest absolute Gasteiger partial charge is 0.483 e. The Hall–Kier alpha value is -2.77. The van der Waals surface area contributed by atoms with Gasteiger partial charge >= 0.3 is 0 Å². The van der Waals surface area contributed by atoms with E-state index in [0.29, 0.717) is 35.0 Å². The maximum absolute atomic E-state index is 12.3. The SMILES string of the molecule is C=CCn1c(SCC(=O)NCc2ccc(Cl)cc2)nnc1C(C)Oc1ccc(C(C)C)cc1. The minimum absolute atomic E-state index is 0.0841. The Morgan fingerprint density at radius 1 is 1.15 bits per heavy atom. The fourth-order valence-corrected chi connectivity index (χ4v) is 4.09. The van der Waals surface area contributed by atoms with Crippen LogP contribution >= 0.6 is 23.4 Å². The topological polar surface area (TPSA) is 69.0 Å². The molecule has 1 N–H and O–H groups in total. The lowest BCUT2D eigenvalue weighted by atomic mass is 10.0. The van der Waals surface area contributed by atoms with Gasteiger partial charge < -0.3 is 10.1 Å². The molecule has 8 heteroatoms. The van der Waals surface area contributed by atoms with Gasteiger partial charge in [0.25, 0.3) is 0 Å². The summed E-state index contributed by atoms with van der Waals surface area (Å²) in [4.78, 5) is 12.3. The van der Waals surface area contributed by atoms with Gasteiger partial charge in [-0.3, -0.25) is 9.36 Å². The molecule has 0 spiro atoms. The number of carbonyl (C=O) groups is 1. The minimum Gasteiger partial charge on any atom is -0.483 e. The minimum atomic E-state index is -0.310. The molecule has 0 aliphatic heterocycles. The van der Waals surface area contributed by atoms with Gasteiger partial charge in [0, 0.05) is 18.1 Å². The van der Waals surface area contributed by atoms with Gasteiger partial charge in [-0.25, -0.2) is 0 Å². The fourth-order valence-electron chi connectivity index (χ4n) is 3.18. The quantitative estimate of drug-likeness (QED) is 0.275. The third kappa shape index (κ3) is 7.11. The van der Waals surface area contributed by atoms with Gasteiger partial charge in [-0.05, 0) is 48.2 Å². The Bertz CT molecular complexity index is 1070. The highest BCUT2D eigenvalue weighted by Gasteiger charge is 2.20. The van der Waals surface area contributed by atoms with E-state index < -0.39 is 0 Å². The first-order valence-corrected chi connectivity index (χ1v) is 12.2. The van der Waals surface area contributed by atoms with Crippen molar-refractivity contribution in [2.24, 2.45) is 0 Å². The van der Waals surface area contributed by atoms with Crippen molar-refractivity contribution in [3.8, 4) is 5.75 Å². The van der Waals surface area contributed by atoms with Crippen molar-refractivity contribution in [3.05, 3.63) is 83.2 Å². The molecule has 0 aliphatic carbocycles. The molecule has 3 rings (SSSR count). The van der Waals surface area contributed by atoms with Gasteiger partial charge in [0.05, 0.1) is 5.75 Å². The fraction of sp³-hybridized carbons (Fsp3) is 0.320. The second-order valence-corrected chi connectivity index (χ2v) is 9.29. The van der Waals surface area contributed by atoms with Crippen LogP contribution in [0.25, 0.3) is 0 Å². The number of rotatable bonds is 11. The van der Waals surface area contributed by atoms with Gasteiger partial charge in [-0.15, -0.1) is 16.8 Å². The number of allylic oxidation sites excluding steroid dienone is 1. The summed E-state index contributed by atoms with van der Waals surface area (Å²) in [5.41, 5.74) is 2.25. The molecule has 174 valence electrons. The van der Waals surface area contributed by atoms with Crippen molar-refractivity contribution >= 4 is 29.3 Å². The molecule has 0 radical (unpaired) electrons. The van der Waals surface area contributed by atoms with Crippen molar-refractivity contribution in [2.45, 2.75) is 51.0 Å². The van der Waals surface area contributed by atoms with E-state index in [1.54, 1.807) is 18.2 Å². The van der Waals surface area contributed by atoms with Crippen LogP contribution in [0.4, 0.5) is 0 Å². The number of carbonyl (C=O) groups excluding carboxylic acids is 1. The van der Waals surface area contributed by atoms with Crippen LogP contribution in [0.5, 0.6) is 5.75 Å². The van der Waals surface area contributed by atoms with Crippen LogP contribution in [0.1, 0.15) is 49.7 Å². The summed E-state index contributed by atoms with van der Waals surface area (Å²) >= 11 is 7.23. The molecule has 6 nitrogen and oxygen atoms in total. The molecule has 0 aliphatic rings.